The second kappa shape index (κ2) is 10.7. The minimum atomic E-state index is -0.0464. The predicted octanol–water partition coefficient (Wildman–Crippen LogP) is 2.94. The Balaban J connectivity index is 1.41. The first-order chi connectivity index (χ1) is 14.6. The van der Waals surface area contributed by atoms with Gasteiger partial charge in [-0.2, -0.15) is 0 Å². The van der Waals surface area contributed by atoms with E-state index in [2.05, 4.69) is 6.92 Å². The van der Waals surface area contributed by atoms with Crippen molar-refractivity contribution < 1.29 is 19.1 Å². The third-order valence-corrected chi connectivity index (χ3v) is 5.32. The number of hydrogen-bond donors (Lipinski definition) is 0. The number of piperazine rings is 1. The zero-order valence-electron chi connectivity index (χ0n) is 17.8. The molecule has 0 aromatic heterocycles. The molecule has 6 nitrogen and oxygen atoms in total. The van der Waals surface area contributed by atoms with Crippen LogP contribution in [0.2, 0.25) is 0 Å². The number of amides is 2. The lowest BCUT2D eigenvalue weighted by Gasteiger charge is -2.34. The van der Waals surface area contributed by atoms with Crippen molar-refractivity contribution in [3.05, 3.63) is 59.7 Å². The van der Waals surface area contributed by atoms with Gasteiger partial charge in [0.15, 0.2) is 6.61 Å². The summed E-state index contributed by atoms with van der Waals surface area (Å²) in [5.74, 6) is 1.51. The number of benzene rings is 2. The standard InChI is InChI=1S/C24H30N2O4/c1-3-4-19-5-11-22(12-6-19)30-18-24(28)26-15-13-25(14-16-26)23(27)17-20-7-9-21(29-2)10-8-20/h5-12H,3-4,13-18H2,1-2H3. The molecule has 160 valence electrons. The Bertz CT molecular complexity index is 825. The van der Waals surface area contributed by atoms with Crippen LogP contribution in [-0.4, -0.2) is 61.5 Å². The lowest BCUT2D eigenvalue weighted by Crippen LogP contribution is -2.52. The van der Waals surface area contributed by atoms with Gasteiger partial charge in [-0.05, 0) is 41.8 Å². The minimum Gasteiger partial charge on any atom is -0.497 e. The van der Waals surface area contributed by atoms with E-state index in [4.69, 9.17) is 9.47 Å². The molecule has 0 aliphatic carbocycles. The smallest absolute Gasteiger partial charge is 0.260 e. The fraction of sp³-hybridized carbons (Fsp3) is 0.417. The second-order valence-electron chi connectivity index (χ2n) is 7.47. The average Bonchev–Trinajstić information content (AvgIpc) is 2.79. The molecular formula is C24H30N2O4. The summed E-state index contributed by atoms with van der Waals surface area (Å²) < 4.78 is 10.8. The largest absolute Gasteiger partial charge is 0.497 e. The first kappa shape index (κ1) is 21.7. The van der Waals surface area contributed by atoms with Gasteiger partial charge in [-0.3, -0.25) is 9.59 Å². The Morgan fingerprint density at radius 3 is 1.90 bits per heavy atom. The van der Waals surface area contributed by atoms with Crippen LogP contribution >= 0.6 is 0 Å². The van der Waals surface area contributed by atoms with Crippen LogP contribution in [0.25, 0.3) is 0 Å². The van der Waals surface area contributed by atoms with Gasteiger partial charge in [0.25, 0.3) is 5.91 Å². The Kier molecular flexibility index (Phi) is 7.71. The summed E-state index contributed by atoms with van der Waals surface area (Å²) in [7, 11) is 1.62. The van der Waals surface area contributed by atoms with E-state index >= 15 is 0 Å². The molecule has 1 heterocycles. The van der Waals surface area contributed by atoms with Crippen LogP contribution in [0.1, 0.15) is 24.5 Å². The van der Waals surface area contributed by atoms with Crippen LogP contribution in [0.4, 0.5) is 0 Å². The number of carbonyl (C=O) groups is 2. The molecule has 2 aromatic carbocycles. The summed E-state index contributed by atoms with van der Waals surface area (Å²) in [5, 5.41) is 0. The summed E-state index contributed by atoms with van der Waals surface area (Å²) in [6.45, 7) is 4.33. The van der Waals surface area contributed by atoms with Crippen molar-refractivity contribution in [2.24, 2.45) is 0 Å². The van der Waals surface area contributed by atoms with Gasteiger partial charge in [0.1, 0.15) is 11.5 Å². The number of nitrogens with zero attached hydrogens (tertiary/aromatic N) is 2. The van der Waals surface area contributed by atoms with E-state index in [1.54, 1.807) is 12.0 Å². The van der Waals surface area contributed by atoms with Crippen LogP contribution in [0, 0.1) is 0 Å². The van der Waals surface area contributed by atoms with Crippen molar-refractivity contribution in [1.29, 1.82) is 0 Å². The molecule has 3 rings (SSSR count). The molecule has 30 heavy (non-hydrogen) atoms. The Morgan fingerprint density at radius 2 is 1.33 bits per heavy atom. The molecule has 0 radical (unpaired) electrons. The molecule has 0 spiro atoms. The van der Waals surface area contributed by atoms with E-state index in [-0.39, 0.29) is 18.4 Å². The van der Waals surface area contributed by atoms with Crippen molar-refractivity contribution in [1.82, 2.24) is 9.80 Å². The molecule has 1 aliphatic heterocycles. The zero-order chi connectivity index (χ0) is 21.3. The summed E-state index contributed by atoms with van der Waals surface area (Å²) in [6, 6.07) is 15.4. The summed E-state index contributed by atoms with van der Waals surface area (Å²) in [4.78, 5) is 28.6. The first-order valence-corrected chi connectivity index (χ1v) is 10.5. The number of hydrogen-bond acceptors (Lipinski definition) is 4. The minimum absolute atomic E-state index is 0.0208. The normalized spacial score (nSPS) is 13.8. The zero-order valence-corrected chi connectivity index (χ0v) is 17.8. The maximum atomic E-state index is 12.5. The SMILES string of the molecule is CCCc1ccc(OCC(=O)N2CCN(C(=O)Cc3ccc(OC)cc3)CC2)cc1. The van der Waals surface area contributed by atoms with E-state index in [1.165, 1.54) is 5.56 Å². The maximum Gasteiger partial charge on any atom is 0.260 e. The van der Waals surface area contributed by atoms with Gasteiger partial charge in [-0.15, -0.1) is 0 Å². The fourth-order valence-electron chi connectivity index (χ4n) is 3.51. The van der Waals surface area contributed by atoms with E-state index < -0.39 is 0 Å². The van der Waals surface area contributed by atoms with Gasteiger partial charge in [0.2, 0.25) is 5.91 Å². The van der Waals surface area contributed by atoms with Crippen molar-refractivity contribution >= 4 is 11.8 Å². The van der Waals surface area contributed by atoms with Crippen molar-refractivity contribution in [3.8, 4) is 11.5 Å². The molecule has 1 aliphatic rings. The molecule has 2 aromatic rings. The summed E-state index contributed by atoms with van der Waals surface area (Å²) in [6.07, 6.45) is 2.50. The number of methoxy groups -OCH3 is 1. The number of rotatable bonds is 8. The van der Waals surface area contributed by atoms with Crippen molar-refractivity contribution in [2.45, 2.75) is 26.2 Å². The summed E-state index contributed by atoms with van der Waals surface area (Å²) in [5.41, 5.74) is 2.23. The predicted molar refractivity (Wildman–Crippen MR) is 116 cm³/mol. The van der Waals surface area contributed by atoms with E-state index in [0.717, 1.165) is 24.2 Å². The second-order valence-corrected chi connectivity index (χ2v) is 7.47. The number of aryl methyl sites for hydroxylation is 1. The molecular weight excluding hydrogens is 380 g/mol. The first-order valence-electron chi connectivity index (χ1n) is 10.5. The highest BCUT2D eigenvalue weighted by Gasteiger charge is 2.24. The molecule has 0 atom stereocenters. The highest BCUT2D eigenvalue weighted by Crippen LogP contribution is 2.15. The lowest BCUT2D eigenvalue weighted by molar-refractivity contribution is -0.140. The van der Waals surface area contributed by atoms with Gasteiger partial charge in [-0.1, -0.05) is 37.6 Å². The summed E-state index contributed by atoms with van der Waals surface area (Å²) >= 11 is 0. The van der Waals surface area contributed by atoms with Gasteiger partial charge < -0.3 is 19.3 Å². The molecule has 2 amide bonds. The van der Waals surface area contributed by atoms with Crippen molar-refractivity contribution in [2.75, 3.05) is 39.9 Å². The Morgan fingerprint density at radius 1 is 0.800 bits per heavy atom. The average molecular weight is 411 g/mol. The van der Waals surface area contributed by atoms with E-state index in [0.29, 0.717) is 38.3 Å². The highest BCUT2D eigenvalue weighted by atomic mass is 16.5. The molecule has 0 saturated carbocycles. The van der Waals surface area contributed by atoms with Crippen molar-refractivity contribution in [3.63, 3.8) is 0 Å². The molecule has 1 saturated heterocycles. The molecule has 0 unspecified atom stereocenters. The van der Waals surface area contributed by atoms with Gasteiger partial charge in [-0.25, -0.2) is 0 Å². The van der Waals surface area contributed by atoms with E-state index in [9.17, 15) is 9.59 Å². The van der Waals surface area contributed by atoms with E-state index in [1.807, 2.05) is 53.4 Å². The van der Waals surface area contributed by atoms with Gasteiger partial charge >= 0.3 is 0 Å². The molecule has 6 heteroatoms. The Labute approximate surface area is 178 Å². The third kappa shape index (κ3) is 5.99. The van der Waals surface area contributed by atoms with Crippen LogP contribution in [0.3, 0.4) is 0 Å². The topological polar surface area (TPSA) is 59.1 Å². The van der Waals surface area contributed by atoms with Crippen LogP contribution in [-0.2, 0) is 22.4 Å². The Hall–Kier alpha value is -3.02. The van der Waals surface area contributed by atoms with Crippen LogP contribution in [0.15, 0.2) is 48.5 Å². The monoisotopic (exact) mass is 410 g/mol. The van der Waals surface area contributed by atoms with Gasteiger partial charge in [0.05, 0.1) is 13.5 Å². The van der Waals surface area contributed by atoms with Crippen LogP contribution < -0.4 is 9.47 Å². The molecule has 0 N–H and O–H groups in total. The number of carbonyl (C=O) groups excluding carboxylic acids is 2. The van der Waals surface area contributed by atoms with Crippen LogP contribution in [0.5, 0.6) is 11.5 Å². The quantitative estimate of drug-likeness (QED) is 0.671. The fourth-order valence-corrected chi connectivity index (χ4v) is 3.51. The molecule has 1 fully saturated rings. The number of ether oxygens (including phenoxy) is 2. The third-order valence-electron chi connectivity index (χ3n) is 5.32. The maximum absolute atomic E-state index is 12.5. The molecule has 0 bridgehead atoms. The van der Waals surface area contributed by atoms with Gasteiger partial charge in [0, 0.05) is 26.2 Å². The lowest BCUT2D eigenvalue weighted by atomic mass is 10.1. The highest BCUT2D eigenvalue weighted by molar-refractivity contribution is 5.80.